The largest absolute Gasteiger partial charge is 0.453 e. The topological polar surface area (TPSA) is 74.2 Å². The molecule has 0 aliphatic carbocycles. The molecule has 0 radical (unpaired) electrons. The van der Waals surface area contributed by atoms with Gasteiger partial charge in [0, 0.05) is 12.4 Å². The molecule has 1 saturated heterocycles. The molecule has 0 saturated carbocycles. The Bertz CT molecular complexity index is 741. The van der Waals surface area contributed by atoms with Crippen LogP contribution in [0.2, 0.25) is 0 Å². The van der Waals surface area contributed by atoms with Crippen molar-refractivity contribution in [3.63, 3.8) is 0 Å². The Kier molecular flexibility index (Phi) is 7.58. The first kappa shape index (κ1) is 21.0. The molecule has 6 nitrogen and oxygen atoms in total. The van der Waals surface area contributed by atoms with Crippen LogP contribution >= 0.6 is 15.9 Å². The molecule has 1 aliphatic heterocycles. The first-order valence-electron chi connectivity index (χ1n) is 8.98. The first-order chi connectivity index (χ1) is 13.6. The summed E-state index contributed by atoms with van der Waals surface area (Å²) in [5.41, 5.74) is 1.34. The zero-order valence-electron chi connectivity index (χ0n) is 15.4. The second-order valence-electron chi connectivity index (χ2n) is 6.42. The molecule has 3 rings (SSSR count). The number of methoxy groups -OCH3 is 1. The van der Waals surface area contributed by atoms with Crippen molar-refractivity contribution < 1.29 is 28.8 Å². The van der Waals surface area contributed by atoms with Crippen LogP contribution in [0.3, 0.4) is 0 Å². The smallest absolute Gasteiger partial charge is 0.338 e. The normalized spacial score (nSPS) is 27.3. The number of esters is 1. The predicted molar refractivity (Wildman–Crippen MR) is 106 cm³/mol. The van der Waals surface area contributed by atoms with E-state index in [0.717, 1.165) is 5.56 Å². The summed E-state index contributed by atoms with van der Waals surface area (Å²) in [7, 11) is 1.49. The number of benzene rings is 2. The number of halogens is 1. The highest BCUT2D eigenvalue weighted by Gasteiger charge is 2.48. The van der Waals surface area contributed by atoms with Gasteiger partial charge in [0.1, 0.15) is 18.3 Å². The molecule has 28 heavy (non-hydrogen) atoms. The van der Waals surface area contributed by atoms with E-state index < -0.39 is 36.7 Å². The van der Waals surface area contributed by atoms with Gasteiger partial charge >= 0.3 is 5.97 Å². The fourth-order valence-electron chi connectivity index (χ4n) is 3.05. The van der Waals surface area contributed by atoms with Crippen molar-refractivity contribution in [3.05, 3.63) is 71.8 Å². The number of aliphatic hydroxyl groups is 1. The Morgan fingerprint density at radius 1 is 1.07 bits per heavy atom. The van der Waals surface area contributed by atoms with Gasteiger partial charge in [-0.05, 0) is 17.7 Å². The van der Waals surface area contributed by atoms with Gasteiger partial charge in [-0.25, -0.2) is 4.79 Å². The SMILES string of the molecule is CO[C@H]1O[C@H](CBr)[C@@H](O)[C@H](OC(=O)c2ccccc2)[C@H]1OCc1ccccc1. The fraction of sp³-hybridized carbons (Fsp3) is 0.381. The molecule has 2 aromatic carbocycles. The molecular weight excluding hydrogens is 428 g/mol. The van der Waals surface area contributed by atoms with E-state index in [1.165, 1.54) is 7.11 Å². The van der Waals surface area contributed by atoms with Crippen LogP contribution < -0.4 is 0 Å². The zero-order chi connectivity index (χ0) is 19.9. The lowest BCUT2D eigenvalue weighted by Gasteiger charge is -2.42. The van der Waals surface area contributed by atoms with E-state index in [2.05, 4.69) is 15.9 Å². The quantitative estimate of drug-likeness (QED) is 0.516. The van der Waals surface area contributed by atoms with Gasteiger partial charge in [0.2, 0.25) is 0 Å². The van der Waals surface area contributed by atoms with Crippen LogP contribution in [0.25, 0.3) is 0 Å². The molecule has 150 valence electrons. The number of aliphatic hydroxyl groups excluding tert-OH is 1. The molecule has 2 aromatic rings. The van der Waals surface area contributed by atoms with Crippen molar-refractivity contribution >= 4 is 21.9 Å². The molecule has 5 atom stereocenters. The number of carbonyl (C=O) groups excluding carboxylic acids is 1. The molecule has 1 N–H and O–H groups in total. The highest BCUT2D eigenvalue weighted by molar-refractivity contribution is 9.09. The predicted octanol–water partition coefficient (Wildman–Crippen LogP) is 2.92. The fourth-order valence-corrected chi connectivity index (χ4v) is 3.59. The van der Waals surface area contributed by atoms with Crippen molar-refractivity contribution in [2.45, 2.75) is 37.3 Å². The minimum Gasteiger partial charge on any atom is -0.453 e. The Hall–Kier alpha value is -1.77. The van der Waals surface area contributed by atoms with E-state index in [-0.39, 0.29) is 6.61 Å². The van der Waals surface area contributed by atoms with Crippen LogP contribution in [0.4, 0.5) is 0 Å². The first-order valence-corrected chi connectivity index (χ1v) is 10.1. The third kappa shape index (κ3) is 4.98. The lowest BCUT2D eigenvalue weighted by molar-refractivity contribution is -0.296. The van der Waals surface area contributed by atoms with Crippen molar-refractivity contribution in [1.82, 2.24) is 0 Å². The summed E-state index contributed by atoms with van der Waals surface area (Å²) in [4.78, 5) is 12.6. The van der Waals surface area contributed by atoms with Gasteiger partial charge < -0.3 is 24.1 Å². The second kappa shape index (κ2) is 10.1. The molecule has 0 aromatic heterocycles. The lowest BCUT2D eigenvalue weighted by Crippen LogP contribution is -2.60. The van der Waals surface area contributed by atoms with Crippen LogP contribution in [0.1, 0.15) is 15.9 Å². The van der Waals surface area contributed by atoms with Crippen LogP contribution in [0.15, 0.2) is 60.7 Å². The summed E-state index contributed by atoms with van der Waals surface area (Å²) in [6, 6.07) is 18.2. The van der Waals surface area contributed by atoms with Crippen LogP contribution in [0.5, 0.6) is 0 Å². The van der Waals surface area contributed by atoms with E-state index in [9.17, 15) is 9.90 Å². The monoisotopic (exact) mass is 450 g/mol. The summed E-state index contributed by atoms with van der Waals surface area (Å²) in [5, 5.41) is 11.1. The molecular formula is C21H23BrO6. The number of hydrogen-bond acceptors (Lipinski definition) is 6. The third-order valence-corrected chi connectivity index (χ3v) is 5.18. The molecule has 0 spiro atoms. The number of rotatable bonds is 7. The zero-order valence-corrected chi connectivity index (χ0v) is 17.0. The Morgan fingerprint density at radius 3 is 2.32 bits per heavy atom. The van der Waals surface area contributed by atoms with Crippen LogP contribution in [-0.2, 0) is 25.6 Å². The van der Waals surface area contributed by atoms with E-state index in [4.69, 9.17) is 18.9 Å². The average Bonchev–Trinajstić information content (AvgIpc) is 2.75. The summed E-state index contributed by atoms with van der Waals surface area (Å²) < 4.78 is 22.8. The molecule has 1 aliphatic rings. The summed E-state index contributed by atoms with van der Waals surface area (Å²) >= 11 is 3.32. The van der Waals surface area contributed by atoms with Gasteiger partial charge in [-0.1, -0.05) is 64.5 Å². The maximum atomic E-state index is 12.6. The van der Waals surface area contributed by atoms with Gasteiger partial charge in [-0.3, -0.25) is 0 Å². The van der Waals surface area contributed by atoms with E-state index in [1.807, 2.05) is 36.4 Å². The highest BCUT2D eigenvalue weighted by Crippen LogP contribution is 2.29. The van der Waals surface area contributed by atoms with Crippen LogP contribution in [-0.4, -0.2) is 54.2 Å². The van der Waals surface area contributed by atoms with Crippen molar-refractivity contribution in [2.24, 2.45) is 0 Å². The molecule has 7 heteroatoms. The number of hydrogen-bond donors (Lipinski definition) is 1. The third-order valence-electron chi connectivity index (χ3n) is 4.54. The van der Waals surface area contributed by atoms with Gasteiger partial charge in [0.15, 0.2) is 12.4 Å². The maximum absolute atomic E-state index is 12.6. The lowest BCUT2D eigenvalue weighted by atomic mass is 9.99. The van der Waals surface area contributed by atoms with E-state index >= 15 is 0 Å². The van der Waals surface area contributed by atoms with Gasteiger partial charge in [-0.15, -0.1) is 0 Å². The summed E-state index contributed by atoms with van der Waals surface area (Å²) in [5.74, 6) is -0.539. The highest BCUT2D eigenvalue weighted by atomic mass is 79.9. The van der Waals surface area contributed by atoms with Crippen molar-refractivity contribution in [1.29, 1.82) is 0 Å². The number of carbonyl (C=O) groups is 1. The van der Waals surface area contributed by atoms with E-state index in [1.54, 1.807) is 24.3 Å². The number of alkyl halides is 1. The molecule has 0 unspecified atom stereocenters. The number of ether oxygens (including phenoxy) is 4. The Balaban J connectivity index is 1.79. The molecule has 0 amide bonds. The van der Waals surface area contributed by atoms with Crippen molar-refractivity contribution in [2.75, 3.05) is 12.4 Å². The molecule has 1 heterocycles. The minimum atomic E-state index is -1.07. The van der Waals surface area contributed by atoms with Gasteiger partial charge in [-0.2, -0.15) is 0 Å². The summed E-state index contributed by atoms with van der Waals surface area (Å²) in [6.45, 7) is 0.264. The van der Waals surface area contributed by atoms with Gasteiger partial charge in [0.05, 0.1) is 12.2 Å². The molecule has 1 fully saturated rings. The molecule has 0 bridgehead atoms. The minimum absolute atomic E-state index is 0.264. The van der Waals surface area contributed by atoms with Crippen LogP contribution in [0, 0.1) is 0 Å². The standard InChI is InChI=1S/C21H23BrO6/c1-25-21-19(26-13-14-8-4-2-5-9-14)18(17(23)16(12-22)27-21)28-20(24)15-10-6-3-7-11-15/h2-11,16-19,21,23H,12-13H2,1H3/t16-,17-,18+,19-,21+/m1/s1. The summed E-state index contributed by atoms with van der Waals surface area (Å²) in [6.07, 6.45) is -4.20. The Morgan fingerprint density at radius 2 is 1.71 bits per heavy atom. The van der Waals surface area contributed by atoms with E-state index in [0.29, 0.717) is 10.9 Å². The second-order valence-corrected chi connectivity index (χ2v) is 7.07. The Labute approximate surface area is 172 Å². The average molecular weight is 451 g/mol. The van der Waals surface area contributed by atoms with Crippen molar-refractivity contribution in [3.8, 4) is 0 Å². The maximum Gasteiger partial charge on any atom is 0.338 e. The van der Waals surface area contributed by atoms with Gasteiger partial charge in [0.25, 0.3) is 0 Å².